The fraction of sp³-hybridized carbons (Fsp3) is 0.781. The molecule has 5 aliphatic carbocycles. The highest BCUT2D eigenvalue weighted by molar-refractivity contribution is 6.01. The Morgan fingerprint density at radius 3 is 2.97 bits per heavy atom. The second-order valence-electron chi connectivity index (χ2n) is 11.4. The number of hydrogen-bond donors (Lipinski definition) is 1. The minimum Gasteiger partial charge on any atom is -0.457 e. The Kier molecular flexibility index (Phi) is 3.01. The van der Waals surface area contributed by atoms with Crippen LogP contribution in [-0.4, -0.2) is 53.3 Å². The fourth-order valence-corrected chi connectivity index (χ4v) is 7.99. The van der Waals surface area contributed by atoms with Crippen molar-refractivity contribution in [1.82, 2.24) is 0 Å². The van der Waals surface area contributed by atoms with Crippen molar-refractivity contribution >= 4 is 17.5 Å². The van der Waals surface area contributed by atoms with Crippen molar-refractivity contribution in [3.63, 3.8) is 0 Å². The fourth-order valence-electron chi connectivity index (χ4n) is 7.99. The topological polar surface area (TPSA) is 99.1 Å². The maximum absolute atomic E-state index is 15.1. The zero-order valence-corrected chi connectivity index (χ0v) is 21.4. The minimum absolute atomic E-state index is 0.0531. The SMILES string of the molecule is [2H]C1=C[C@@]2(C)C(=C([2H])C1=O)CC[C@@H]1[C@@H]2[C@@H](O)C[C@@]2(C)[C@H]1C[C@H]1O[C@@]([2H])(C3([2H])CC([2H])([2H])C([2H])([2H])C([2H])([2H])C3([2H])[2H])O[C@]12C(=O)C([2H])([2H])OC(=O)C([2H])(C([2H])([2H])[2H])C([2H])([2H])[2H]. The second-order valence-corrected chi connectivity index (χ2v) is 11.4. The van der Waals surface area contributed by atoms with Crippen LogP contribution in [0.25, 0.3) is 0 Å². The van der Waals surface area contributed by atoms with Crippen LogP contribution >= 0.6 is 0 Å². The maximum atomic E-state index is 15.1. The van der Waals surface area contributed by atoms with Crippen molar-refractivity contribution in [1.29, 1.82) is 0 Å². The lowest BCUT2D eigenvalue weighted by atomic mass is 9.46. The molecule has 6 rings (SSSR count). The smallest absolute Gasteiger partial charge is 0.308 e. The van der Waals surface area contributed by atoms with E-state index in [0.29, 0.717) is 5.57 Å². The molecule has 0 radical (unpaired) electrons. The average molecular weight is 562 g/mol. The number of aliphatic hydroxyl groups is 1. The highest BCUT2D eigenvalue weighted by Gasteiger charge is 2.76. The Morgan fingerprint density at radius 1 is 1.36 bits per heavy atom. The Bertz CT molecular complexity index is 1960. The van der Waals surface area contributed by atoms with Gasteiger partial charge in [0.05, 0.1) is 25.0 Å². The molecule has 1 aliphatic heterocycles. The summed E-state index contributed by atoms with van der Waals surface area (Å²) in [5, 5.41) is 12.1. The number of fused-ring (bicyclic) bond motifs is 7. The molecule has 214 valence electrons. The van der Waals surface area contributed by atoms with Crippen LogP contribution in [0.15, 0.2) is 23.8 Å². The molecule has 0 spiro atoms. The van der Waals surface area contributed by atoms with Gasteiger partial charge in [-0.15, -0.1) is 0 Å². The predicted octanol–water partition coefficient (Wildman–Crippen LogP) is 4.70. The highest BCUT2D eigenvalue weighted by Crippen LogP contribution is 2.70. The van der Waals surface area contributed by atoms with E-state index >= 15 is 4.79 Å². The molecular weight excluding hydrogens is 496 g/mol. The third-order valence-electron chi connectivity index (χ3n) is 9.61. The lowest BCUT2D eigenvalue weighted by Gasteiger charge is -2.59. The van der Waals surface area contributed by atoms with Crippen molar-refractivity contribution in [3.05, 3.63) is 23.8 Å². The molecule has 39 heavy (non-hydrogen) atoms. The summed E-state index contributed by atoms with van der Waals surface area (Å²) < 4.78 is 192. The van der Waals surface area contributed by atoms with Crippen molar-refractivity contribution < 1.29 is 62.5 Å². The molecule has 1 heterocycles. The molecule has 0 aromatic carbocycles. The van der Waals surface area contributed by atoms with Gasteiger partial charge in [0.1, 0.15) is 0 Å². The lowest BCUT2D eigenvalue weighted by molar-refractivity contribution is -0.210. The van der Waals surface area contributed by atoms with E-state index in [1.54, 1.807) is 6.92 Å². The van der Waals surface area contributed by atoms with Crippen molar-refractivity contribution in [3.8, 4) is 0 Å². The van der Waals surface area contributed by atoms with Gasteiger partial charge < -0.3 is 19.3 Å². The molecule has 1 unspecified atom stereocenters. The van der Waals surface area contributed by atoms with Gasteiger partial charge in [-0.05, 0) is 62.4 Å². The third-order valence-corrected chi connectivity index (χ3v) is 9.61. The first-order chi connectivity index (χ1) is 26.6. The van der Waals surface area contributed by atoms with Crippen LogP contribution in [0.3, 0.4) is 0 Å². The van der Waals surface area contributed by atoms with E-state index in [-0.39, 0.29) is 12.8 Å². The van der Waals surface area contributed by atoms with E-state index in [1.807, 2.05) is 0 Å². The van der Waals surface area contributed by atoms with Crippen LogP contribution in [0.5, 0.6) is 0 Å². The van der Waals surface area contributed by atoms with Gasteiger partial charge >= 0.3 is 5.97 Å². The van der Waals surface area contributed by atoms with E-state index in [0.717, 1.165) is 0 Å². The summed E-state index contributed by atoms with van der Waals surface area (Å²) in [5.41, 5.74) is -6.18. The molecule has 5 fully saturated rings. The molecule has 6 aliphatic rings. The van der Waals surface area contributed by atoms with Crippen LogP contribution < -0.4 is 0 Å². The molecule has 7 heteroatoms. The number of ether oxygens (including phenoxy) is 3. The van der Waals surface area contributed by atoms with E-state index < -0.39 is 159 Å². The van der Waals surface area contributed by atoms with Gasteiger partial charge in [0.25, 0.3) is 0 Å². The van der Waals surface area contributed by atoms with Crippen LogP contribution in [0.2, 0.25) is 0 Å². The van der Waals surface area contributed by atoms with Crippen LogP contribution in [0, 0.1) is 40.4 Å². The standard InChI is InChI=1S/C32H44O7/c1-18(2)28(36)37-17-25(35)32-26(38-29(39-32)19-8-6-5-7-9-19)15-23-22-11-10-20-14-21(33)12-13-30(20,3)27(22)24(34)16-31(23,32)4/h12-14,18-19,22-24,26-27,29,34H,5-11,15-17H2,1-4H3/t22-,23-,24-,26+,27+,29+,30-,31-,32+/m0/s1/i1D3,2D3,5D2,6D2,7D2,8D2,12D,14D,17D2,18D,19D,29D/t19?,22-,23-,24-,26+,27+,29+,30-,31-,32+. The summed E-state index contributed by atoms with van der Waals surface area (Å²) in [6, 6.07) is -0.958. The zero-order chi connectivity index (χ0) is 46.2. The number of Topliss-reactive ketones (excluding diaryl/α,β-unsaturated/α-hetero) is 1. The van der Waals surface area contributed by atoms with E-state index in [9.17, 15) is 17.4 Å². The Balaban J connectivity index is 1.54. The lowest BCUT2D eigenvalue weighted by Crippen LogP contribution is -2.63. The Labute approximate surface area is 261 Å². The number of carbonyl (C=O) groups is 3. The van der Waals surface area contributed by atoms with Gasteiger partial charge in [0.2, 0.25) is 5.78 Å². The third kappa shape index (κ3) is 3.97. The molecule has 1 saturated heterocycles. The highest BCUT2D eigenvalue weighted by atomic mass is 16.7. The Morgan fingerprint density at radius 2 is 2.18 bits per heavy atom. The first-order valence-electron chi connectivity index (χ1n) is 23.4. The number of hydrogen-bond acceptors (Lipinski definition) is 7. The van der Waals surface area contributed by atoms with Gasteiger partial charge in [-0.3, -0.25) is 14.4 Å². The van der Waals surface area contributed by atoms with Crippen LogP contribution in [0.4, 0.5) is 0 Å². The molecule has 0 aromatic rings. The molecule has 1 N–H and O–H groups in total. The van der Waals surface area contributed by atoms with Crippen LogP contribution in [-0.2, 0) is 28.6 Å². The van der Waals surface area contributed by atoms with Crippen molar-refractivity contribution in [2.45, 2.75) is 109 Å². The summed E-state index contributed by atoms with van der Waals surface area (Å²) in [5.74, 6) is -16.0. The quantitative estimate of drug-likeness (QED) is 0.486. The number of carbonyl (C=O) groups excluding carboxylic acids is 3. The van der Waals surface area contributed by atoms with Crippen LogP contribution in [0.1, 0.15) is 114 Å². The average Bonchev–Trinajstić information content (AvgIpc) is 3.51. The number of aliphatic hydroxyl groups excluding tert-OH is 1. The first kappa shape index (κ1) is 12.2. The first-order valence-corrected chi connectivity index (χ1v) is 12.9. The second kappa shape index (κ2) is 9.63. The maximum Gasteiger partial charge on any atom is 0.308 e. The summed E-state index contributed by atoms with van der Waals surface area (Å²) in [6.45, 7) is -9.37. The zero-order valence-electron chi connectivity index (χ0n) is 42.4. The van der Waals surface area contributed by atoms with Crippen molar-refractivity contribution in [2.24, 2.45) is 40.4 Å². The van der Waals surface area contributed by atoms with Gasteiger partial charge in [-0.25, -0.2) is 0 Å². The normalized spacial score (nSPS) is 65.3. The predicted molar refractivity (Wildman–Crippen MR) is 143 cm³/mol. The van der Waals surface area contributed by atoms with Crippen molar-refractivity contribution in [2.75, 3.05) is 6.56 Å². The molecule has 4 saturated carbocycles. The van der Waals surface area contributed by atoms with E-state index in [4.69, 9.17) is 35.5 Å². The van der Waals surface area contributed by atoms with Gasteiger partial charge in [0.15, 0.2) is 24.2 Å². The largest absolute Gasteiger partial charge is 0.457 e. The molecule has 7 nitrogen and oxygen atoms in total. The molecule has 10 atom stereocenters. The summed E-state index contributed by atoms with van der Waals surface area (Å²) >= 11 is 0. The van der Waals surface area contributed by atoms with Gasteiger partial charge in [0, 0.05) is 44.6 Å². The summed E-state index contributed by atoms with van der Waals surface area (Å²) in [4.78, 5) is 41.2. The number of esters is 1. The summed E-state index contributed by atoms with van der Waals surface area (Å²) in [7, 11) is 0. The molecule has 0 aromatic heterocycles. The monoisotopic (exact) mass is 561 g/mol. The molecule has 0 bridgehead atoms. The van der Waals surface area contributed by atoms with E-state index in [2.05, 4.69) is 4.74 Å². The Hall–Kier alpha value is -1.83. The van der Waals surface area contributed by atoms with Gasteiger partial charge in [-0.2, -0.15) is 0 Å². The number of allylic oxidation sites excluding steroid dienone is 4. The number of rotatable bonds is 5. The molecular formula is C32H44O7. The van der Waals surface area contributed by atoms with E-state index in [1.165, 1.54) is 13.0 Å². The van der Waals surface area contributed by atoms with Gasteiger partial charge in [-0.1, -0.05) is 58.3 Å². The molecule has 0 amide bonds. The number of ketones is 2. The summed E-state index contributed by atoms with van der Waals surface area (Å²) in [6.07, 6.45) is -23.7. The minimum atomic E-state index is -4.21.